The summed E-state index contributed by atoms with van der Waals surface area (Å²) in [5.74, 6) is -0.799. The second kappa shape index (κ2) is 7.78. The number of tetrazole rings is 1. The third-order valence-electron chi connectivity index (χ3n) is 4.59. The zero-order chi connectivity index (χ0) is 20.6. The minimum atomic E-state index is -1.01. The van der Waals surface area contributed by atoms with Crippen LogP contribution >= 0.6 is 35.0 Å². The average molecular weight is 449 g/mol. The summed E-state index contributed by atoms with van der Waals surface area (Å²) in [5.41, 5.74) is 2.38. The molecule has 1 fully saturated rings. The fraction of sp³-hybridized carbons (Fsp3) is 0.211. The molecule has 3 aromatic rings. The lowest BCUT2D eigenvalue weighted by molar-refractivity contribution is 0.0696. The number of rotatable bonds is 7. The number of thioether (sulfide) groups is 1. The molecular weight excluding hydrogens is 435 g/mol. The highest BCUT2D eigenvalue weighted by Crippen LogP contribution is 2.59. The first-order chi connectivity index (χ1) is 13.8. The third-order valence-corrected chi connectivity index (χ3v) is 6.35. The fourth-order valence-corrected chi connectivity index (χ4v) is 4.21. The number of carboxylic acid groups (broad SMARTS) is 1. The fourth-order valence-electron chi connectivity index (χ4n) is 2.87. The lowest BCUT2D eigenvalue weighted by Gasteiger charge is -2.06. The van der Waals surface area contributed by atoms with Gasteiger partial charge in [0.2, 0.25) is 5.16 Å². The number of aromatic nitrogens is 4. The Morgan fingerprint density at radius 3 is 2.31 bits per heavy atom. The highest BCUT2D eigenvalue weighted by Gasteiger charge is 2.52. The molecule has 0 bridgehead atoms. The van der Waals surface area contributed by atoms with Crippen LogP contribution in [-0.4, -0.2) is 47.2 Å². The molecule has 1 N–H and O–H groups in total. The van der Waals surface area contributed by atoms with Gasteiger partial charge in [0.1, 0.15) is 4.33 Å². The van der Waals surface area contributed by atoms with E-state index >= 15 is 0 Å². The molecule has 0 aliphatic heterocycles. The zero-order valence-electron chi connectivity index (χ0n) is 14.8. The Balaban J connectivity index is 1.41. The molecule has 1 aliphatic rings. The van der Waals surface area contributed by atoms with E-state index in [1.165, 1.54) is 28.6 Å². The molecule has 0 radical (unpaired) electrons. The minimum Gasteiger partial charge on any atom is -0.478 e. The zero-order valence-corrected chi connectivity index (χ0v) is 17.2. The normalized spacial score (nSPS) is 17.1. The van der Waals surface area contributed by atoms with Crippen molar-refractivity contribution in [1.82, 2.24) is 20.2 Å². The molecule has 1 heterocycles. The Labute approximate surface area is 180 Å². The standard InChI is InChI=1S/C19H14Cl2N4O3S/c20-19(21)9-15(19)11-1-3-12(4-2-11)16(26)10-29-18-22-23-24-25(18)14-7-5-13(6-8-14)17(27)28/h1-8,15H,9-10H2,(H,27,28)/t15-/m1/s1. The minimum absolute atomic E-state index is 0.0591. The van der Waals surface area contributed by atoms with E-state index < -0.39 is 10.3 Å². The van der Waals surface area contributed by atoms with Crippen LogP contribution in [0.15, 0.2) is 53.7 Å². The van der Waals surface area contributed by atoms with E-state index in [0.29, 0.717) is 16.4 Å². The number of hydrogen-bond donors (Lipinski definition) is 1. The van der Waals surface area contributed by atoms with Crippen molar-refractivity contribution in [3.8, 4) is 5.69 Å². The Morgan fingerprint density at radius 1 is 1.10 bits per heavy atom. The molecular formula is C19H14Cl2N4O3S. The monoisotopic (exact) mass is 448 g/mol. The Morgan fingerprint density at radius 2 is 1.72 bits per heavy atom. The molecule has 148 valence electrons. The number of aromatic carboxylic acids is 1. The number of benzene rings is 2. The van der Waals surface area contributed by atoms with Crippen LogP contribution in [-0.2, 0) is 0 Å². The number of hydrogen-bond acceptors (Lipinski definition) is 6. The lowest BCUT2D eigenvalue weighted by Crippen LogP contribution is -2.05. The Kier molecular flexibility index (Phi) is 5.33. The summed E-state index contributed by atoms with van der Waals surface area (Å²) >= 11 is 13.4. The number of carboxylic acids is 1. The van der Waals surface area contributed by atoms with E-state index in [4.69, 9.17) is 28.3 Å². The van der Waals surface area contributed by atoms with Crippen molar-refractivity contribution in [3.05, 3.63) is 65.2 Å². The molecule has 1 aliphatic carbocycles. The van der Waals surface area contributed by atoms with Gasteiger partial charge in [-0.1, -0.05) is 36.0 Å². The number of nitrogens with zero attached hydrogens (tertiary/aromatic N) is 4. The SMILES string of the molecule is O=C(O)c1ccc(-n2nnnc2SCC(=O)c2ccc([C@H]3CC3(Cl)Cl)cc2)cc1. The summed E-state index contributed by atoms with van der Waals surface area (Å²) in [5, 5.41) is 20.9. The molecule has 0 spiro atoms. The van der Waals surface area contributed by atoms with Crippen LogP contribution < -0.4 is 0 Å². The molecule has 2 aromatic carbocycles. The van der Waals surface area contributed by atoms with E-state index in [1.807, 2.05) is 12.1 Å². The van der Waals surface area contributed by atoms with Gasteiger partial charge in [-0.25, -0.2) is 4.79 Å². The summed E-state index contributed by atoms with van der Waals surface area (Å²) in [4.78, 5) is 23.5. The molecule has 29 heavy (non-hydrogen) atoms. The molecule has 0 saturated heterocycles. The van der Waals surface area contributed by atoms with Crippen molar-refractivity contribution < 1.29 is 14.7 Å². The number of carbonyl (C=O) groups is 2. The van der Waals surface area contributed by atoms with Crippen LogP contribution in [0.5, 0.6) is 0 Å². The van der Waals surface area contributed by atoms with Crippen LogP contribution in [0.25, 0.3) is 5.69 Å². The average Bonchev–Trinajstić information content (AvgIpc) is 3.13. The van der Waals surface area contributed by atoms with Crippen molar-refractivity contribution in [2.75, 3.05) is 5.75 Å². The first-order valence-electron chi connectivity index (χ1n) is 8.61. The number of Topliss-reactive ketones (excluding diaryl/α,β-unsaturated/α-hetero) is 1. The quantitative estimate of drug-likeness (QED) is 0.331. The molecule has 1 aromatic heterocycles. The molecule has 1 atom stereocenters. The molecule has 4 rings (SSSR count). The highest BCUT2D eigenvalue weighted by molar-refractivity contribution is 7.99. The lowest BCUT2D eigenvalue weighted by atomic mass is 10.1. The van der Waals surface area contributed by atoms with Crippen molar-refractivity contribution >= 4 is 46.7 Å². The van der Waals surface area contributed by atoms with Gasteiger partial charge in [0, 0.05) is 11.5 Å². The van der Waals surface area contributed by atoms with E-state index in [9.17, 15) is 9.59 Å². The summed E-state index contributed by atoms with van der Waals surface area (Å²) in [6.07, 6.45) is 0.718. The molecule has 0 amide bonds. The second-order valence-electron chi connectivity index (χ2n) is 6.58. The van der Waals surface area contributed by atoms with Gasteiger partial charge in [0.25, 0.3) is 0 Å². The van der Waals surface area contributed by atoms with Gasteiger partial charge in [0.15, 0.2) is 5.78 Å². The summed E-state index contributed by atoms with van der Waals surface area (Å²) in [7, 11) is 0. The van der Waals surface area contributed by atoms with Crippen LogP contribution in [0.4, 0.5) is 0 Å². The molecule has 10 heteroatoms. The van der Waals surface area contributed by atoms with E-state index in [2.05, 4.69) is 15.5 Å². The van der Waals surface area contributed by atoms with Crippen molar-refractivity contribution in [2.45, 2.75) is 21.8 Å². The second-order valence-corrected chi connectivity index (χ2v) is 9.06. The highest BCUT2D eigenvalue weighted by atomic mass is 35.5. The van der Waals surface area contributed by atoms with Crippen LogP contribution in [0.2, 0.25) is 0 Å². The molecule has 7 nitrogen and oxygen atoms in total. The number of alkyl halides is 2. The van der Waals surface area contributed by atoms with Gasteiger partial charge in [-0.05, 0) is 46.7 Å². The van der Waals surface area contributed by atoms with E-state index in [0.717, 1.165) is 12.0 Å². The van der Waals surface area contributed by atoms with Crippen molar-refractivity contribution in [2.24, 2.45) is 0 Å². The van der Waals surface area contributed by atoms with Gasteiger partial charge >= 0.3 is 5.97 Å². The summed E-state index contributed by atoms with van der Waals surface area (Å²) < 4.78 is 0.765. The summed E-state index contributed by atoms with van der Waals surface area (Å²) in [6.45, 7) is 0. The largest absolute Gasteiger partial charge is 0.478 e. The van der Waals surface area contributed by atoms with Crippen molar-refractivity contribution in [1.29, 1.82) is 0 Å². The van der Waals surface area contributed by atoms with Gasteiger partial charge in [-0.15, -0.1) is 28.3 Å². The first kappa shape index (κ1) is 19.9. The van der Waals surface area contributed by atoms with Crippen molar-refractivity contribution in [3.63, 3.8) is 0 Å². The predicted molar refractivity (Wildman–Crippen MR) is 109 cm³/mol. The predicted octanol–water partition coefficient (Wildman–Crippen LogP) is 4.00. The maximum Gasteiger partial charge on any atom is 0.335 e. The maximum atomic E-state index is 12.5. The topological polar surface area (TPSA) is 98.0 Å². The van der Waals surface area contributed by atoms with E-state index in [-0.39, 0.29) is 23.0 Å². The smallest absolute Gasteiger partial charge is 0.335 e. The van der Waals surface area contributed by atoms with Crippen LogP contribution in [0.3, 0.4) is 0 Å². The van der Waals surface area contributed by atoms with Crippen LogP contribution in [0, 0.1) is 0 Å². The van der Waals surface area contributed by atoms with Gasteiger partial charge in [-0.3, -0.25) is 4.79 Å². The van der Waals surface area contributed by atoms with Crippen LogP contribution in [0.1, 0.15) is 38.6 Å². The molecule has 0 unspecified atom stereocenters. The number of halogens is 2. The number of carbonyl (C=O) groups excluding carboxylic acids is 1. The molecule has 1 saturated carbocycles. The third kappa shape index (κ3) is 4.29. The summed E-state index contributed by atoms with van der Waals surface area (Å²) in [6, 6.07) is 13.5. The van der Waals surface area contributed by atoms with Gasteiger partial charge < -0.3 is 5.11 Å². The Bertz CT molecular complexity index is 1070. The maximum absolute atomic E-state index is 12.5. The van der Waals surface area contributed by atoms with E-state index in [1.54, 1.807) is 24.3 Å². The van der Waals surface area contributed by atoms with Gasteiger partial charge in [0.05, 0.1) is 17.0 Å². The van der Waals surface area contributed by atoms with Gasteiger partial charge in [-0.2, -0.15) is 4.68 Å². The number of ketones is 1. The first-order valence-corrected chi connectivity index (χ1v) is 10.4. The Hall–Kier alpha value is -2.42.